The lowest BCUT2D eigenvalue weighted by Crippen LogP contribution is -1.94. The molecular weight excluding hydrogens is 765 g/mol. The highest BCUT2D eigenvalue weighted by Crippen LogP contribution is 2.40. The van der Waals surface area contributed by atoms with Gasteiger partial charge in [0.2, 0.25) is 0 Å². The first-order chi connectivity index (χ1) is 31.2. The zero-order valence-electron chi connectivity index (χ0n) is 34.2. The molecule has 0 aliphatic carbocycles. The van der Waals surface area contributed by atoms with E-state index in [0.29, 0.717) is 0 Å². The minimum absolute atomic E-state index is 0.913. The Bertz CT molecular complexity index is 3880. The van der Waals surface area contributed by atoms with Crippen molar-refractivity contribution in [2.45, 2.75) is 0 Å². The molecule has 294 valence electrons. The quantitative estimate of drug-likeness (QED) is 0.164. The summed E-state index contributed by atoms with van der Waals surface area (Å²) in [5.74, 6) is 0. The van der Waals surface area contributed by atoms with E-state index in [1.807, 2.05) is 12.1 Å². The zero-order valence-corrected chi connectivity index (χ0v) is 34.2. The molecule has 13 aromatic rings. The molecule has 0 spiro atoms. The van der Waals surface area contributed by atoms with Crippen molar-refractivity contribution >= 4 is 65.6 Å². The molecule has 0 radical (unpaired) electrons. The van der Waals surface area contributed by atoms with Gasteiger partial charge in [0.05, 0.1) is 22.1 Å². The zero-order chi connectivity index (χ0) is 41.4. The highest BCUT2D eigenvalue weighted by molar-refractivity contribution is 6.13. The normalized spacial score (nSPS) is 11.8. The molecule has 0 amide bonds. The Hall–Kier alpha value is -8.40. The molecule has 10 aromatic carbocycles. The van der Waals surface area contributed by atoms with Crippen molar-refractivity contribution in [2.24, 2.45) is 0 Å². The molecule has 0 unspecified atom stereocenters. The highest BCUT2D eigenvalue weighted by atomic mass is 16.3. The van der Waals surface area contributed by atoms with Crippen LogP contribution >= 0.6 is 0 Å². The summed E-state index contributed by atoms with van der Waals surface area (Å²) in [7, 11) is 0. The van der Waals surface area contributed by atoms with E-state index in [-0.39, 0.29) is 0 Å². The van der Waals surface area contributed by atoms with Gasteiger partial charge in [-0.2, -0.15) is 0 Å². The number of aromatic nitrogens is 2. The van der Waals surface area contributed by atoms with Crippen molar-refractivity contribution in [2.75, 3.05) is 0 Å². The van der Waals surface area contributed by atoms with Crippen molar-refractivity contribution in [3.8, 4) is 55.9 Å². The van der Waals surface area contributed by atoms with Crippen LogP contribution in [0, 0.1) is 0 Å². The smallest absolute Gasteiger partial charge is 0.143 e. The number of hydrogen-bond donors (Lipinski definition) is 0. The van der Waals surface area contributed by atoms with Gasteiger partial charge in [-0.25, -0.2) is 0 Å². The van der Waals surface area contributed by atoms with Crippen molar-refractivity contribution in [1.82, 2.24) is 9.13 Å². The minimum atomic E-state index is 0.913. The predicted molar refractivity (Wildman–Crippen MR) is 264 cm³/mol. The van der Waals surface area contributed by atoms with Crippen LogP contribution in [0.25, 0.3) is 121 Å². The largest absolute Gasteiger partial charge is 0.455 e. The fourth-order valence-electron chi connectivity index (χ4n) is 9.94. The van der Waals surface area contributed by atoms with Crippen molar-refractivity contribution in [1.29, 1.82) is 0 Å². The SMILES string of the molecule is c1ccc(-c2cccc(-c3ccc(-n4c5ccccc5c5cc(-c6ccc7c(c6)c6ccccc6n7-c6ccc(-c7cccc8c7oc7ccccc78)cc6)ccc54)cc3)c2)cc1. The monoisotopic (exact) mass is 802 g/mol. The molecule has 3 heterocycles. The molecule has 3 heteroatoms. The number of fused-ring (bicyclic) bond motifs is 9. The Morgan fingerprint density at radius 1 is 0.254 bits per heavy atom. The first-order valence-electron chi connectivity index (χ1n) is 21.6. The summed E-state index contributed by atoms with van der Waals surface area (Å²) in [5, 5.41) is 7.23. The van der Waals surface area contributed by atoms with Crippen molar-refractivity contribution in [3.05, 3.63) is 231 Å². The summed E-state index contributed by atoms with van der Waals surface area (Å²) in [6, 6.07) is 83.4. The number of benzene rings is 10. The molecule has 3 nitrogen and oxygen atoms in total. The number of rotatable bonds is 6. The van der Waals surface area contributed by atoms with E-state index in [4.69, 9.17) is 4.42 Å². The lowest BCUT2D eigenvalue weighted by molar-refractivity contribution is 0.670. The fraction of sp³-hybridized carbons (Fsp3) is 0. The van der Waals surface area contributed by atoms with Crippen LogP contribution in [0.5, 0.6) is 0 Å². The highest BCUT2D eigenvalue weighted by Gasteiger charge is 2.17. The average Bonchev–Trinajstić information content (AvgIpc) is 4.02. The number of hydrogen-bond acceptors (Lipinski definition) is 1. The second-order valence-electron chi connectivity index (χ2n) is 16.5. The fourth-order valence-corrected chi connectivity index (χ4v) is 9.94. The van der Waals surface area contributed by atoms with E-state index in [1.54, 1.807) is 0 Å². The molecule has 63 heavy (non-hydrogen) atoms. The van der Waals surface area contributed by atoms with Crippen LogP contribution in [0.1, 0.15) is 0 Å². The van der Waals surface area contributed by atoms with E-state index >= 15 is 0 Å². The van der Waals surface area contributed by atoms with Gasteiger partial charge in [-0.15, -0.1) is 0 Å². The third kappa shape index (κ3) is 5.67. The van der Waals surface area contributed by atoms with Crippen LogP contribution in [0.3, 0.4) is 0 Å². The molecule has 0 fully saturated rings. The molecule has 0 aliphatic rings. The Labute approximate surface area is 363 Å². The van der Waals surface area contributed by atoms with Gasteiger partial charge in [-0.05, 0) is 112 Å². The van der Waals surface area contributed by atoms with E-state index in [1.165, 1.54) is 77.0 Å². The number of para-hydroxylation sites is 4. The van der Waals surface area contributed by atoms with Gasteiger partial charge in [0.25, 0.3) is 0 Å². The second kappa shape index (κ2) is 14.1. The van der Waals surface area contributed by atoms with Crippen LogP contribution in [-0.2, 0) is 0 Å². The Kier molecular flexibility index (Phi) is 7.91. The molecule has 0 N–H and O–H groups in total. The molecule has 0 bridgehead atoms. The number of nitrogens with zero attached hydrogens (tertiary/aromatic N) is 2. The Morgan fingerprint density at radius 3 is 1.30 bits per heavy atom. The topological polar surface area (TPSA) is 23.0 Å². The number of furan rings is 1. The van der Waals surface area contributed by atoms with E-state index < -0.39 is 0 Å². The van der Waals surface area contributed by atoms with Gasteiger partial charge in [0.1, 0.15) is 11.2 Å². The second-order valence-corrected chi connectivity index (χ2v) is 16.5. The van der Waals surface area contributed by atoms with Crippen LogP contribution in [-0.4, -0.2) is 9.13 Å². The van der Waals surface area contributed by atoms with E-state index in [9.17, 15) is 0 Å². The van der Waals surface area contributed by atoms with Gasteiger partial charge in [0.15, 0.2) is 0 Å². The van der Waals surface area contributed by atoms with Crippen LogP contribution in [0.15, 0.2) is 235 Å². The van der Waals surface area contributed by atoms with Gasteiger partial charge in [0, 0.05) is 49.3 Å². The maximum absolute atomic E-state index is 6.39. The molecule has 0 saturated heterocycles. The molecule has 0 aliphatic heterocycles. The van der Waals surface area contributed by atoms with Crippen molar-refractivity contribution in [3.63, 3.8) is 0 Å². The molecule has 3 aromatic heterocycles. The first kappa shape index (κ1) is 35.4. The third-order valence-electron chi connectivity index (χ3n) is 12.9. The maximum atomic E-state index is 6.39. The summed E-state index contributed by atoms with van der Waals surface area (Å²) < 4.78 is 11.2. The molecular formula is C60H38N2O. The summed E-state index contributed by atoms with van der Waals surface area (Å²) in [5.41, 5.74) is 18.3. The predicted octanol–water partition coefficient (Wildman–Crippen LogP) is 16.4. The lowest BCUT2D eigenvalue weighted by atomic mass is 9.99. The van der Waals surface area contributed by atoms with Gasteiger partial charge in [-0.1, -0.05) is 158 Å². The van der Waals surface area contributed by atoms with E-state index in [2.05, 4.69) is 228 Å². The summed E-state index contributed by atoms with van der Waals surface area (Å²) in [6.45, 7) is 0. The molecule has 13 rings (SSSR count). The third-order valence-corrected chi connectivity index (χ3v) is 12.9. The van der Waals surface area contributed by atoms with Gasteiger partial charge in [-0.3, -0.25) is 0 Å². The molecule has 0 atom stereocenters. The van der Waals surface area contributed by atoms with Crippen LogP contribution < -0.4 is 0 Å². The molecule has 0 saturated carbocycles. The van der Waals surface area contributed by atoms with Crippen molar-refractivity contribution < 1.29 is 4.42 Å². The summed E-state index contributed by atoms with van der Waals surface area (Å²) in [6.07, 6.45) is 0. The minimum Gasteiger partial charge on any atom is -0.455 e. The van der Waals surface area contributed by atoms with Crippen LogP contribution in [0.4, 0.5) is 0 Å². The van der Waals surface area contributed by atoms with Gasteiger partial charge >= 0.3 is 0 Å². The van der Waals surface area contributed by atoms with E-state index in [0.717, 1.165) is 44.4 Å². The Morgan fingerprint density at radius 2 is 0.683 bits per heavy atom. The maximum Gasteiger partial charge on any atom is 0.143 e. The average molecular weight is 803 g/mol. The lowest BCUT2D eigenvalue weighted by Gasteiger charge is -2.11. The summed E-state index contributed by atoms with van der Waals surface area (Å²) >= 11 is 0. The standard InChI is InChI=1S/C60H38N2O/c1-2-12-39(13-3-1)42-14-10-15-43(36-42)40-24-30-46(31-25-40)61-55-21-7-4-16-49(55)53-37-44(28-34-57(53)61)45-29-35-58-54(38-45)50-17-5-8-22-56(50)62(58)47-32-26-41(27-33-47)48-19-11-20-52-51-18-6-9-23-59(51)63-60(48)52/h1-38H. The first-order valence-corrected chi connectivity index (χ1v) is 21.6. The summed E-state index contributed by atoms with van der Waals surface area (Å²) in [4.78, 5) is 0. The Balaban J connectivity index is 0.869. The van der Waals surface area contributed by atoms with Crippen LogP contribution in [0.2, 0.25) is 0 Å². The van der Waals surface area contributed by atoms with Gasteiger partial charge < -0.3 is 13.6 Å².